The fraction of sp³-hybridized carbons (Fsp3) is 0.208. The second-order valence-corrected chi connectivity index (χ2v) is 8.33. The molecule has 0 aliphatic rings. The van der Waals surface area contributed by atoms with Gasteiger partial charge in [-0.1, -0.05) is 23.2 Å². The molecule has 3 aromatic heterocycles. The summed E-state index contributed by atoms with van der Waals surface area (Å²) in [5, 5.41) is 13.2. The molecule has 7 nitrogen and oxygen atoms in total. The molecular formula is C24H21Cl2N7. The van der Waals surface area contributed by atoms with Gasteiger partial charge in [0.25, 0.3) is 0 Å². The van der Waals surface area contributed by atoms with Crippen molar-refractivity contribution in [1.29, 1.82) is 5.26 Å². The van der Waals surface area contributed by atoms with Gasteiger partial charge in [0, 0.05) is 42.1 Å². The van der Waals surface area contributed by atoms with Gasteiger partial charge in [-0.05, 0) is 50.1 Å². The first kappa shape index (κ1) is 22.7. The zero-order valence-electron chi connectivity index (χ0n) is 17.9. The Bertz CT molecular complexity index is 1290. The molecular weight excluding hydrogens is 457 g/mol. The largest absolute Gasteiger partial charge is 0.370 e. The predicted molar refractivity (Wildman–Crippen MR) is 130 cm³/mol. The first-order valence-electron chi connectivity index (χ1n) is 10.5. The summed E-state index contributed by atoms with van der Waals surface area (Å²) in [6.45, 7) is 2.68. The zero-order chi connectivity index (χ0) is 23.2. The molecule has 4 aromatic rings. The Labute approximate surface area is 201 Å². The number of unbranched alkanes of at least 4 members (excludes halogenated alkanes) is 1. The molecule has 0 saturated carbocycles. The number of imidazole rings is 1. The molecule has 0 fully saturated rings. The zero-order valence-corrected chi connectivity index (χ0v) is 19.5. The summed E-state index contributed by atoms with van der Waals surface area (Å²) in [6.07, 6.45) is 7.73. The Balaban J connectivity index is 1.46. The maximum atomic E-state index is 8.84. The van der Waals surface area contributed by atoms with Crippen LogP contribution in [0.3, 0.4) is 0 Å². The molecule has 0 spiro atoms. The Morgan fingerprint density at radius 3 is 2.61 bits per heavy atom. The molecule has 0 aliphatic carbocycles. The number of nitrogens with zero attached hydrogens (tertiary/aromatic N) is 5. The van der Waals surface area contributed by atoms with E-state index in [0.717, 1.165) is 60.0 Å². The van der Waals surface area contributed by atoms with Gasteiger partial charge in [0.2, 0.25) is 0 Å². The third kappa shape index (κ3) is 5.67. The minimum absolute atomic E-state index is 0.524. The molecule has 0 atom stereocenters. The summed E-state index contributed by atoms with van der Waals surface area (Å²) in [7, 11) is 0. The van der Waals surface area contributed by atoms with E-state index in [1.54, 1.807) is 36.7 Å². The lowest BCUT2D eigenvalue weighted by molar-refractivity contribution is 0.729. The fourth-order valence-electron chi connectivity index (χ4n) is 3.34. The van der Waals surface area contributed by atoms with Crippen LogP contribution in [0.25, 0.3) is 22.6 Å². The van der Waals surface area contributed by atoms with Crippen molar-refractivity contribution in [1.82, 2.24) is 24.9 Å². The fourth-order valence-corrected chi connectivity index (χ4v) is 3.84. The van der Waals surface area contributed by atoms with Gasteiger partial charge in [-0.15, -0.1) is 0 Å². The topological polar surface area (TPSA) is 103 Å². The van der Waals surface area contributed by atoms with Crippen LogP contribution < -0.4 is 5.32 Å². The first-order chi connectivity index (χ1) is 16.0. The molecule has 9 heteroatoms. The highest BCUT2D eigenvalue weighted by atomic mass is 35.5. The van der Waals surface area contributed by atoms with Crippen LogP contribution in [0.15, 0.2) is 48.9 Å². The summed E-state index contributed by atoms with van der Waals surface area (Å²) < 4.78 is 0. The summed E-state index contributed by atoms with van der Waals surface area (Å²) in [6, 6.07) is 11.0. The number of anilines is 1. The van der Waals surface area contributed by atoms with Gasteiger partial charge in [0.05, 0.1) is 27.5 Å². The lowest BCUT2D eigenvalue weighted by Crippen LogP contribution is -2.05. The first-order valence-corrected chi connectivity index (χ1v) is 11.2. The molecule has 1 aromatic carbocycles. The molecule has 4 rings (SSSR count). The van der Waals surface area contributed by atoms with Crippen molar-refractivity contribution in [3.8, 4) is 28.7 Å². The van der Waals surface area contributed by atoms with Crippen LogP contribution in [0.2, 0.25) is 10.0 Å². The summed E-state index contributed by atoms with van der Waals surface area (Å²) >= 11 is 12.6. The van der Waals surface area contributed by atoms with Crippen LogP contribution in [-0.4, -0.2) is 31.5 Å². The number of halogens is 2. The predicted octanol–water partition coefficient (Wildman–Crippen LogP) is 5.85. The van der Waals surface area contributed by atoms with Gasteiger partial charge >= 0.3 is 0 Å². The number of nitrogens with one attached hydrogen (secondary N) is 2. The normalized spacial score (nSPS) is 10.7. The summed E-state index contributed by atoms with van der Waals surface area (Å²) in [5.74, 6) is 2.18. The molecule has 0 bridgehead atoms. The maximum Gasteiger partial charge on any atom is 0.141 e. The number of H-pyrrole nitrogens is 1. The molecule has 0 saturated heterocycles. The minimum atomic E-state index is 0.524. The molecule has 3 heterocycles. The highest BCUT2D eigenvalue weighted by Gasteiger charge is 2.16. The molecule has 0 aliphatic heterocycles. The summed E-state index contributed by atoms with van der Waals surface area (Å²) in [4.78, 5) is 21.3. The average molecular weight is 478 g/mol. The van der Waals surface area contributed by atoms with Crippen LogP contribution in [0.4, 0.5) is 5.82 Å². The third-order valence-electron chi connectivity index (χ3n) is 5.01. The van der Waals surface area contributed by atoms with E-state index < -0.39 is 0 Å². The monoisotopic (exact) mass is 477 g/mol. The SMILES string of the molecule is Cc1c[nH]c(-c2cnc(CCCCNc3ccc(C#N)cn3)nc2-c2ccc(Cl)cc2Cl)n1. The Morgan fingerprint density at radius 1 is 1.03 bits per heavy atom. The van der Waals surface area contributed by atoms with Crippen LogP contribution in [0.1, 0.15) is 29.9 Å². The van der Waals surface area contributed by atoms with Gasteiger partial charge in [-0.3, -0.25) is 0 Å². The van der Waals surface area contributed by atoms with Gasteiger partial charge in [-0.2, -0.15) is 5.26 Å². The standard InChI is InChI=1S/C24H21Cl2N7/c1-15-12-31-24(32-15)19-14-30-22(33-23(19)18-7-6-17(25)10-20(18)26)4-2-3-9-28-21-8-5-16(11-27)13-29-21/h5-8,10,12-14H,2-4,9H2,1H3,(H,28,29)(H,31,32). The van der Waals surface area contributed by atoms with E-state index in [0.29, 0.717) is 21.4 Å². The van der Waals surface area contributed by atoms with Crippen LogP contribution >= 0.6 is 23.2 Å². The number of aryl methyl sites for hydroxylation is 2. The van der Waals surface area contributed by atoms with Crippen molar-refractivity contribution in [2.45, 2.75) is 26.2 Å². The second kappa shape index (κ2) is 10.4. The number of aromatic amines is 1. The number of pyridine rings is 1. The minimum Gasteiger partial charge on any atom is -0.370 e. The lowest BCUT2D eigenvalue weighted by Gasteiger charge is -2.11. The smallest absolute Gasteiger partial charge is 0.141 e. The number of aromatic nitrogens is 5. The highest BCUT2D eigenvalue weighted by Crippen LogP contribution is 2.34. The molecule has 166 valence electrons. The van der Waals surface area contributed by atoms with Crippen molar-refractivity contribution < 1.29 is 0 Å². The van der Waals surface area contributed by atoms with E-state index in [2.05, 4.69) is 31.3 Å². The van der Waals surface area contributed by atoms with Gasteiger partial charge in [0.15, 0.2) is 0 Å². The maximum absolute atomic E-state index is 8.84. The number of hydrogen-bond acceptors (Lipinski definition) is 6. The third-order valence-corrected chi connectivity index (χ3v) is 5.56. The van der Waals surface area contributed by atoms with Gasteiger partial charge in [-0.25, -0.2) is 19.9 Å². The number of rotatable bonds is 8. The van der Waals surface area contributed by atoms with Crippen LogP contribution in [0, 0.1) is 18.3 Å². The molecule has 0 unspecified atom stereocenters. The van der Waals surface area contributed by atoms with Gasteiger partial charge in [0.1, 0.15) is 23.5 Å². The molecule has 0 amide bonds. The lowest BCUT2D eigenvalue weighted by atomic mass is 10.1. The Kier molecular flexibility index (Phi) is 7.18. The number of nitriles is 1. The highest BCUT2D eigenvalue weighted by molar-refractivity contribution is 6.36. The number of hydrogen-bond donors (Lipinski definition) is 2. The molecule has 0 radical (unpaired) electrons. The second-order valence-electron chi connectivity index (χ2n) is 7.49. The quantitative estimate of drug-likeness (QED) is 0.308. The van der Waals surface area contributed by atoms with Crippen molar-refractivity contribution >= 4 is 29.0 Å². The van der Waals surface area contributed by atoms with E-state index in [1.165, 1.54) is 0 Å². The van der Waals surface area contributed by atoms with Gasteiger partial charge < -0.3 is 10.3 Å². The van der Waals surface area contributed by atoms with E-state index in [9.17, 15) is 0 Å². The molecule has 33 heavy (non-hydrogen) atoms. The van der Waals surface area contributed by atoms with E-state index in [-0.39, 0.29) is 0 Å². The van der Waals surface area contributed by atoms with Crippen molar-refractivity contribution in [3.63, 3.8) is 0 Å². The van der Waals surface area contributed by atoms with E-state index in [4.69, 9.17) is 33.4 Å². The Morgan fingerprint density at radius 2 is 1.91 bits per heavy atom. The average Bonchev–Trinajstić information content (AvgIpc) is 3.25. The van der Waals surface area contributed by atoms with E-state index in [1.807, 2.05) is 19.2 Å². The van der Waals surface area contributed by atoms with Crippen molar-refractivity contribution in [3.05, 3.63) is 76.0 Å². The Hall–Kier alpha value is -3.47. The summed E-state index contributed by atoms with van der Waals surface area (Å²) in [5.41, 5.74) is 3.71. The van der Waals surface area contributed by atoms with Crippen molar-refractivity contribution in [2.75, 3.05) is 11.9 Å². The van der Waals surface area contributed by atoms with Crippen molar-refractivity contribution in [2.24, 2.45) is 0 Å². The van der Waals surface area contributed by atoms with Crippen LogP contribution in [0.5, 0.6) is 0 Å². The van der Waals surface area contributed by atoms with Crippen LogP contribution in [-0.2, 0) is 6.42 Å². The van der Waals surface area contributed by atoms with E-state index >= 15 is 0 Å². The number of benzene rings is 1. The molecule has 2 N–H and O–H groups in total.